The van der Waals surface area contributed by atoms with Gasteiger partial charge in [0, 0.05) is 16.3 Å². The van der Waals surface area contributed by atoms with E-state index in [4.69, 9.17) is 4.55 Å². The van der Waals surface area contributed by atoms with E-state index in [0.717, 1.165) is 17.9 Å². The Kier molecular flexibility index (Phi) is 6.59. The summed E-state index contributed by atoms with van der Waals surface area (Å²) in [7, 11) is -3.87. The number of hydrogen-bond acceptors (Lipinski definition) is 4. The maximum absolute atomic E-state index is 10.8. The fourth-order valence-corrected chi connectivity index (χ4v) is 4.24. The van der Waals surface area contributed by atoms with Crippen molar-refractivity contribution in [2.45, 2.75) is 22.6 Å². The molecule has 2 aromatic carbocycles. The van der Waals surface area contributed by atoms with Crippen LogP contribution in [0.15, 0.2) is 58.3 Å². The van der Waals surface area contributed by atoms with E-state index in [1.54, 1.807) is 11.8 Å². The zero-order valence-corrected chi connectivity index (χ0v) is 13.6. The van der Waals surface area contributed by atoms with Crippen molar-refractivity contribution in [2.24, 2.45) is 0 Å². The van der Waals surface area contributed by atoms with Gasteiger partial charge in [-0.15, -0.1) is 0 Å². The molecule has 1 heterocycles. The summed E-state index contributed by atoms with van der Waals surface area (Å²) in [6.07, 6.45) is 1.15. The summed E-state index contributed by atoms with van der Waals surface area (Å²) in [5, 5.41) is 0. The van der Waals surface area contributed by atoms with E-state index in [0.29, 0.717) is 12.8 Å². The van der Waals surface area contributed by atoms with Gasteiger partial charge in [-0.05, 0) is 37.1 Å². The number of anilines is 2. The Morgan fingerprint density at radius 1 is 0.913 bits per heavy atom. The Hall–Kier alpha value is -0.500. The Labute approximate surface area is 163 Å². The van der Waals surface area contributed by atoms with Crippen LogP contribution in [0.2, 0.25) is 0 Å². The Morgan fingerprint density at radius 3 is 1.96 bits per heavy atom. The van der Waals surface area contributed by atoms with Crippen LogP contribution in [-0.4, -0.2) is 54.8 Å². The van der Waals surface area contributed by atoms with Crippen molar-refractivity contribution in [3.05, 3.63) is 48.5 Å². The first-order valence-electron chi connectivity index (χ1n) is 7.13. The molecule has 1 aliphatic heterocycles. The average Bonchev–Trinajstić information content (AvgIpc) is 2.49. The van der Waals surface area contributed by atoms with Crippen molar-refractivity contribution >= 4 is 62.8 Å². The molecule has 118 valence electrons. The summed E-state index contributed by atoms with van der Waals surface area (Å²) in [4.78, 5) is 4.64. The van der Waals surface area contributed by atoms with Gasteiger partial charge in [-0.3, -0.25) is 4.55 Å². The van der Waals surface area contributed by atoms with Gasteiger partial charge in [0.25, 0.3) is 10.1 Å². The van der Waals surface area contributed by atoms with E-state index < -0.39 is 10.1 Å². The molecular weight excluding hydrogens is 341 g/mol. The first-order chi connectivity index (χ1) is 10.5. The molecular formula is C16H18NNaO3S2. The zero-order chi connectivity index (χ0) is 15.6. The van der Waals surface area contributed by atoms with Gasteiger partial charge in [0.05, 0.1) is 17.1 Å². The third-order valence-electron chi connectivity index (χ3n) is 3.57. The van der Waals surface area contributed by atoms with Gasteiger partial charge in [0.2, 0.25) is 0 Å². The molecule has 0 amide bonds. The van der Waals surface area contributed by atoms with Crippen LogP contribution in [0.25, 0.3) is 0 Å². The predicted octanol–water partition coefficient (Wildman–Crippen LogP) is 3.31. The van der Waals surface area contributed by atoms with Crippen LogP contribution < -0.4 is 4.90 Å². The number of benzene rings is 2. The first-order valence-corrected chi connectivity index (χ1v) is 9.56. The molecule has 0 atom stereocenters. The van der Waals surface area contributed by atoms with E-state index in [1.165, 1.54) is 9.79 Å². The molecule has 7 heteroatoms. The number of unbranched alkanes of at least 4 members (excludes halogenated alkanes) is 1. The van der Waals surface area contributed by atoms with Gasteiger partial charge in [0.1, 0.15) is 0 Å². The van der Waals surface area contributed by atoms with Crippen LogP contribution in [0.4, 0.5) is 11.4 Å². The number of fused-ring (bicyclic) bond motifs is 2. The van der Waals surface area contributed by atoms with E-state index in [9.17, 15) is 8.42 Å². The molecule has 0 aromatic heterocycles. The molecule has 23 heavy (non-hydrogen) atoms. The fraction of sp³-hybridized carbons (Fsp3) is 0.250. The second-order valence-electron chi connectivity index (χ2n) is 5.18. The monoisotopic (exact) mass is 359 g/mol. The average molecular weight is 359 g/mol. The van der Waals surface area contributed by atoms with Crippen LogP contribution in [0, 0.1) is 0 Å². The summed E-state index contributed by atoms with van der Waals surface area (Å²) in [5.74, 6) is -0.182. The Morgan fingerprint density at radius 2 is 1.43 bits per heavy atom. The Balaban J connectivity index is 0.00000192. The molecule has 2 aromatic rings. The maximum atomic E-state index is 10.8. The second-order valence-corrected chi connectivity index (χ2v) is 7.84. The number of hydrogen-bond donors (Lipinski definition) is 1. The van der Waals surface area contributed by atoms with Crippen molar-refractivity contribution in [1.29, 1.82) is 0 Å². The summed E-state index contributed by atoms with van der Waals surface area (Å²) >= 11 is 1.75. The summed E-state index contributed by atoms with van der Waals surface area (Å²) < 4.78 is 30.5. The van der Waals surface area contributed by atoms with E-state index in [2.05, 4.69) is 29.2 Å². The summed E-state index contributed by atoms with van der Waals surface area (Å²) in [6.45, 7) is 0.726. The van der Waals surface area contributed by atoms with E-state index in [-0.39, 0.29) is 35.3 Å². The van der Waals surface area contributed by atoms with Gasteiger partial charge in [0.15, 0.2) is 0 Å². The van der Waals surface area contributed by atoms with Crippen LogP contribution in [0.3, 0.4) is 0 Å². The minimum absolute atomic E-state index is 0. The van der Waals surface area contributed by atoms with Crippen LogP contribution in [0.1, 0.15) is 12.8 Å². The van der Waals surface area contributed by atoms with Gasteiger partial charge in [-0.25, -0.2) is 0 Å². The molecule has 0 saturated heterocycles. The molecule has 0 radical (unpaired) electrons. The fourth-order valence-electron chi connectivity index (χ4n) is 2.58. The first kappa shape index (κ1) is 18.8. The molecule has 0 fully saturated rings. The van der Waals surface area contributed by atoms with E-state index >= 15 is 0 Å². The van der Waals surface area contributed by atoms with Crippen molar-refractivity contribution < 1.29 is 13.0 Å². The van der Waals surface area contributed by atoms with Gasteiger partial charge in [-0.2, -0.15) is 8.42 Å². The summed E-state index contributed by atoms with van der Waals surface area (Å²) in [5.41, 5.74) is 2.30. The standard InChI is InChI=1S/C16H17NO3S2.Na.H/c18-22(19,20)12-6-5-11-17-13-7-1-3-9-15(13)21-16-10-4-2-8-14(16)17;;/h1-4,7-10H,5-6,11-12H2,(H,18,19,20);;. The molecule has 3 rings (SSSR count). The van der Waals surface area contributed by atoms with Gasteiger partial charge < -0.3 is 4.90 Å². The summed E-state index contributed by atoms with van der Waals surface area (Å²) in [6, 6.07) is 16.4. The SMILES string of the molecule is O=S(=O)(O)CCCCN1c2ccccc2Sc2ccccc21.[NaH]. The normalized spacial score (nSPS) is 13.0. The predicted molar refractivity (Wildman–Crippen MR) is 96.8 cm³/mol. The molecule has 1 N–H and O–H groups in total. The molecule has 0 spiro atoms. The molecule has 0 aliphatic carbocycles. The molecule has 1 aliphatic rings. The van der Waals surface area contributed by atoms with Crippen molar-refractivity contribution in [1.82, 2.24) is 0 Å². The quantitative estimate of drug-likeness (QED) is 0.504. The molecule has 0 bridgehead atoms. The van der Waals surface area contributed by atoms with Gasteiger partial charge >= 0.3 is 29.6 Å². The van der Waals surface area contributed by atoms with Gasteiger partial charge in [-0.1, -0.05) is 36.0 Å². The Bertz CT molecular complexity index is 735. The second kappa shape index (κ2) is 8.05. The van der Waals surface area contributed by atoms with Crippen LogP contribution in [0.5, 0.6) is 0 Å². The molecule has 0 saturated carbocycles. The number of para-hydroxylation sites is 2. The number of nitrogens with zero attached hydrogens (tertiary/aromatic N) is 1. The topological polar surface area (TPSA) is 57.6 Å². The van der Waals surface area contributed by atoms with Crippen molar-refractivity contribution in [3.8, 4) is 0 Å². The van der Waals surface area contributed by atoms with Crippen LogP contribution >= 0.6 is 11.8 Å². The molecule has 4 nitrogen and oxygen atoms in total. The van der Waals surface area contributed by atoms with Crippen molar-refractivity contribution in [2.75, 3.05) is 17.2 Å². The third kappa shape index (κ3) is 4.75. The van der Waals surface area contributed by atoms with E-state index in [1.807, 2.05) is 24.3 Å². The zero-order valence-electron chi connectivity index (χ0n) is 12.0. The molecule has 0 unspecified atom stereocenters. The minimum atomic E-state index is -3.87. The number of rotatable bonds is 5. The van der Waals surface area contributed by atoms with Crippen molar-refractivity contribution in [3.63, 3.8) is 0 Å². The van der Waals surface area contributed by atoms with Crippen LogP contribution in [-0.2, 0) is 10.1 Å². The third-order valence-corrected chi connectivity index (χ3v) is 5.50.